The number of hydrogen-bond donors (Lipinski definition) is 2. The highest BCUT2D eigenvalue weighted by molar-refractivity contribution is 6.31. The Morgan fingerprint density at radius 2 is 1.53 bits per heavy atom. The topological polar surface area (TPSA) is 125 Å². The summed E-state index contributed by atoms with van der Waals surface area (Å²) >= 11 is 6.32. The number of aliphatic imine (C=N–C) groups is 1. The first kappa shape index (κ1) is 23.0. The fraction of sp³-hybridized carbons (Fsp3) is 0.0385. The van der Waals surface area contributed by atoms with Gasteiger partial charge in [-0.2, -0.15) is 0 Å². The van der Waals surface area contributed by atoms with E-state index in [1.54, 1.807) is 72.8 Å². The molecule has 0 spiro atoms. The Hall–Kier alpha value is -4.76. The zero-order chi connectivity index (χ0) is 25.4. The van der Waals surface area contributed by atoms with Crippen LogP contribution in [0.2, 0.25) is 5.02 Å². The maximum Gasteiger partial charge on any atom is 0.335 e. The van der Waals surface area contributed by atoms with E-state index in [0.717, 1.165) is 15.7 Å². The Balaban J connectivity index is 1.46. The smallest absolute Gasteiger partial charge is 0.335 e. The van der Waals surface area contributed by atoms with E-state index >= 15 is 0 Å². The van der Waals surface area contributed by atoms with Gasteiger partial charge in [-0.3, -0.25) is 29.3 Å². The molecular weight excluding hydrogens is 484 g/mol. The molecule has 0 unspecified atom stereocenters. The Morgan fingerprint density at radius 3 is 2.19 bits per heavy atom. The number of nitrogens with one attached hydrogen (secondary N) is 1. The predicted molar refractivity (Wildman–Crippen MR) is 134 cm³/mol. The lowest BCUT2D eigenvalue weighted by atomic mass is 10.1. The highest BCUT2D eigenvalue weighted by Gasteiger charge is 2.35. The van der Waals surface area contributed by atoms with Gasteiger partial charge in [0.05, 0.1) is 29.0 Å². The molecule has 0 radical (unpaired) electrons. The number of amides is 2. The number of aromatic hydroxyl groups is 1. The van der Waals surface area contributed by atoms with Crippen molar-refractivity contribution in [3.63, 3.8) is 0 Å². The number of nitrogens with zero attached hydrogens (tertiary/aromatic N) is 3. The zero-order valence-corrected chi connectivity index (χ0v) is 19.3. The molecular formula is C26H17ClN4O5. The van der Waals surface area contributed by atoms with Gasteiger partial charge in [-0.1, -0.05) is 41.9 Å². The zero-order valence-electron chi connectivity index (χ0n) is 18.5. The van der Waals surface area contributed by atoms with Gasteiger partial charge < -0.3 is 5.11 Å². The van der Waals surface area contributed by atoms with Crippen molar-refractivity contribution in [2.45, 2.75) is 6.54 Å². The highest BCUT2D eigenvalue weighted by Crippen LogP contribution is 2.29. The Labute approximate surface area is 208 Å². The van der Waals surface area contributed by atoms with Crippen molar-refractivity contribution in [2.75, 3.05) is 0 Å². The van der Waals surface area contributed by atoms with E-state index in [0.29, 0.717) is 33.1 Å². The first-order valence-electron chi connectivity index (χ1n) is 10.8. The number of H-pyrrole nitrogens is 1. The monoisotopic (exact) mass is 500 g/mol. The molecule has 4 aromatic rings. The molecule has 0 bridgehead atoms. The van der Waals surface area contributed by atoms with Crippen molar-refractivity contribution in [1.82, 2.24) is 14.5 Å². The molecule has 0 aliphatic carbocycles. The number of para-hydroxylation sites is 1. The van der Waals surface area contributed by atoms with Gasteiger partial charge in [-0.15, -0.1) is 0 Å². The molecule has 10 heteroatoms. The van der Waals surface area contributed by atoms with Gasteiger partial charge in [0.2, 0.25) is 5.88 Å². The molecule has 2 N–H and O–H groups in total. The minimum Gasteiger partial charge on any atom is -0.493 e. The van der Waals surface area contributed by atoms with Crippen LogP contribution in [0.5, 0.6) is 5.88 Å². The van der Waals surface area contributed by atoms with E-state index in [1.165, 1.54) is 0 Å². The van der Waals surface area contributed by atoms with E-state index in [4.69, 9.17) is 11.6 Å². The quantitative estimate of drug-likeness (QED) is 0.321. The second-order valence-corrected chi connectivity index (χ2v) is 8.35. The van der Waals surface area contributed by atoms with Crippen LogP contribution in [0.25, 0.3) is 5.69 Å². The fourth-order valence-electron chi connectivity index (χ4n) is 3.93. The van der Waals surface area contributed by atoms with Crippen LogP contribution in [0.3, 0.4) is 0 Å². The number of carbonyl (C=O) groups is 2. The second kappa shape index (κ2) is 9.12. The van der Waals surface area contributed by atoms with Crippen molar-refractivity contribution in [3.05, 3.63) is 121 Å². The van der Waals surface area contributed by atoms with Crippen molar-refractivity contribution >= 4 is 35.3 Å². The summed E-state index contributed by atoms with van der Waals surface area (Å²) in [4.78, 5) is 57.6. The molecule has 0 atom stereocenters. The third-order valence-electron chi connectivity index (χ3n) is 5.71. The predicted octanol–water partition coefficient (Wildman–Crippen LogP) is 3.43. The molecule has 178 valence electrons. The summed E-state index contributed by atoms with van der Waals surface area (Å²) in [5.74, 6) is -1.40. The summed E-state index contributed by atoms with van der Waals surface area (Å²) < 4.78 is 0.957. The number of rotatable bonds is 5. The van der Waals surface area contributed by atoms with Gasteiger partial charge in [0.25, 0.3) is 17.4 Å². The van der Waals surface area contributed by atoms with Crippen molar-refractivity contribution in [2.24, 2.45) is 4.99 Å². The number of halogens is 1. The largest absolute Gasteiger partial charge is 0.493 e. The number of imide groups is 1. The van der Waals surface area contributed by atoms with Gasteiger partial charge in [0, 0.05) is 11.2 Å². The summed E-state index contributed by atoms with van der Waals surface area (Å²) in [6.45, 7) is -0.0702. The molecule has 0 saturated carbocycles. The minimum absolute atomic E-state index is 0.0702. The lowest BCUT2D eigenvalue weighted by Crippen LogP contribution is -2.31. The second-order valence-electron chi connectivity index (χ2n) is 7.94. The standard InChI is InChI=1S/C26H17ClN4O5/c27-21-11-10-16(12-15(21)14-30-23(33)18-8-4-5-9-19(18)24(30)34)28-13-20-22(32)29-26(36)31(25(20)35)17-6-2-1-3-7-17/h1-13,35H,14H2,(H,29,32,36). The van der Waals surface area contributed by atoms with Crippen molar-refractivity contribution < 1.29 is 14.7 Å². The van der Waals surface area contributed by atoms with E-state index < -0.39 is 28.9 Å². The molecule has 3 aromatic carbocycles. The van der Waals surface area contributed by atoms with Gasteiger partial charge >= 0.3 is 5.69 Å². The molecule has 1 aliphatic rings. The molecule has 5 rings (SSSR count). The molecule has 2 heterocycles. The number of fused-ring (bicyclic) bond motifs is 1. The number of carbonyl (C=O) groups excluding carboxylic acids is 2. The van der Waals surface area contributed by atoms with Gasteiger partial charge in [0.15, 0.2) is 0 Å². The maximum absolute atomic E-state index is 12.7. The third kappa shape index (κ3) is 4.01. The molecule has 0 saturated heterocycles. The number of hydrogen-bond acceptors (Lipinski definition) is 6. The van der Waals surface area contributed by atoms with Gasteiger partial charge in [-0.25, -0.2) is 9.36 Å². The third-order valence-corrected chi connectivity index (χ3v) is 6.08. The van der Waals surface area contributed by atoms with Crippen LogP contribution in [0.4, 0.5) is 5.69 Å². The van der Waals surface area contributed by atoms with E-state index in [2.05, 4.69) is 9.98 Å². The van der Waals surface area contributed by atoms with E-state index in [1.807, 2.05) is 0 Å². The summed E-state index contributed by atoms with van der Waals surface area (Å²) in [5, 5.41) is 11.0. The fourth-order valence-corrected chi connectivity index (χ4v) is 4.10. The summed E-state index contributed by atoms with van der Waals surface area (Å²) in [6, 6.07) is 19.6. The average Bonchev–Trinajstić information content (AvgIpc) is 3.11. The molecule has 1 aromatic heterocycles. The van der Waals surface area contributed by atoms with Crippen LogP contribution >= 0.6 is 11.6 Å². The number of aromatic nitrogens is 2. The van der Waals surface area contributed by atoms with Crippen LogP contribution in [-0.4, -0.2) is 37.6 Å². The van der Waals surface area contributed by atoms with Gasteiger partial charge in [-0.05, 0) is 48.0 Å². The molecule has 2 amide bonds. The SMILES string of the molecule is O=C1c2ccccc2C(=O)N1Cc1cc(N=Cc2c(O)n(-c3ccccc3)c(=O)[nH]c2=O)ccc1Cl. The van der Waals surface area contributed by atoms with E-state index in [9.17, 15) is 24.3 Å². The van der Waals surface area contributed by atoms with Crippen LogP contribution in [-0.2, 0) is 6.54 Å². The molecule has 1 aliphatic heterocycles. The maximum atomic E-state index is 12.7. The molecule has 0 fully saturated rings. The van der Waals surface area contributed by atoms with Crippen LogP contribution in [0, 0.1) is 0 Å². The Morgan fingerprint density at radius 1 is 0.889 bits per heavy atom. The highest BCUT2D eigenvalue weighted by atomic mass is 35.5. The normalized spacial score (nSPS) is 13.0. The minimum atomic E-state index is -0.811. The average molecular weight is 501 g/mol. The summed E-state index contributed by atoms with van der Waals surface area (Å²) in [7, 11) is 0. The van der Waals surface area contributed by atoms with Crippen LogP contribution in [0.15, 0.2) is 87.4 Å². The van der Waals surface area contributed by atoms with E-state index in [-0.39, 0.29) is 12.1 Å². The Kier molecular flexibility index (Phi) is 5.83. The first-order valence-corrected chi connectivity index (χ1v) is 11.1. The summed E-state index contributed by atoms with van der Waals surface area (Å²) in [6.07, 6.45) is 1.13. The lowest BCUT2D eigenvalue weighted by molar-refractivity contribution is 0.0642. The van der Waals surface area contributed by atoms with Gasteiger partial charge in [0.1, 0.15) is 5.56 Å². The molecule has 9 nitrogen and oxygen atoms in total. The lowest BCUT2D eigenvalue weighted by Gasteiger charge is -2.15. The number of aromatic amines is 1. The molecule has 36 heavy (non-hydrogen) atoms. The van der Waals surface area contributed by atoms with Crippen LogP contribution in [0.1, 0.15) is 31.8 Å². The Bertz CT molecular complexity index is 1640. The van der Waals surface area contributed by atoms with Crippen LogP contribution < -0.4 is 11.2 Å². The number of benzene rings is 3. The van der Waals surface area contributed by atoms with Crippen molar-refractivity contribution in [3.8, 4) is 11.6 Å². The first-order chi connectivity index (χ1) is 17.3. The summed E-state index contributed by atoms with van der Waals surface area (Å²) in [5.41, 5.74) is 0.00250. The van der Waals surface area contributed by atoms with Crippen molar-refractivity contribution in [1.29, 1.82) is 0 Å².